The lowest BCUT2D eigenvalue weighted by molar-refractivity contribution is 0.0917. The van der Waals surface area contributed by atoms with E-state index < -0.39 is 0 Å². The maximum atomic E-state index is 5.44. The van der Waals surface area contributed by atoms with E-state index in [-0.39, 0.29) is 6.10 Å². The van der Waals surface area contributed by atoms with Crippen molar-refractivity contribution in [3.05, 3.63) is 0 Å². The molecule has 0 bridgehead atoms. The molecule has 70 valence electrons. The van der Waals surface area contributed by atoms with Crippen molar-refractivity contribution in [2.24, 2.45) is 16.8 Å². The average molecular weight is 172 g/mol. The van der Waals surface area contributed by atoms with Gasteiger partial charge >= 0.3 is 0 Å². The minimum Gasteiger partial charge on any atom is -0.391 e. The summed E-state index contributed by atoms with van der Waals surface area (Å²) in [7, 11) is 1.69. The molecular formula is C8H16N2O2. The third-order valence-electron chi connectivity index (χ3n) is 2.00. The fraction of sp³-hybridized carbons (Fsp3) is 0.875. The number of hydrogen-bond acceptors (Lipinski definition) is 4. The van der Waals surface area contributed by atoms with Crippen LogP contribution in [0.25, 0.3) is 0 Å². The normalized spacial score (nSPS) is 24.9. The van der Waals surface area contributed by atoms with Gasteiger partial charge in [-0.2, -0.15) is 0 Å². The zero-order valence-electron chi connectivity index (χ0n) is 7.62. The maximum absolute atomic E-state index is 5.44. The SMILES string of the molecule is COCC(C)C1=NOC(CN)C1. The molecule has 1 aliphatic rings. The van der Waals surface area contributed by atoms with E-state index in [2.05, 4.69) is 12.1 Å². The number of methoxy groups -OCH3 is 1. The molecule has 0 saturated heterocycles. The van der Waals surface area contributed by atoms with E-state index in [9.17, 15) is 0 Å². The zero-order valence-corrected chi connectivity index (χ0v) is 7.62. The lowest BCUT2D eigenvalue weighted by Crippen LogP contribution is -2.22. The third-order valence-corrected chi connectivity index (χ3v) is 2.00. The molecule has 2 atom stereocenters. The average Bonchev–Trinajstić information content (AvgIpc) is 2.52. The molecule has 4 heteroatoms. The fourth-order valence-corrected chi connectivity index (χ4v) is 1.21. The first-order chi connectivity index (χ1) is 5.77. The molecule has 2 N–H and O–H groups in total. The van der Waals surface area contributed by atoms with Crippen LogP contribution >= 0.6 is 0 Å². The summed E-state index contributed by atoms with van der Waals surface area (Å²) in [6.07, 6.45) is 0.931. The van der Waals surface area contributed by atoms with Gasteiger partial charge in [-0.25, -0.2) is 0 Å². The quantitative estimate of drug-likeness (QED) is 0.666. The summed E-state index contributed by atoms with van der Waals surface area (Å²) in [5.74, 6) is 0.339. The summed E-state index contributed by atoms with van der Waals surface area (Å²) in [5.41, 5.74) is 6.50. The standard InChI is InChI=1S/C8H16N2O2/c1-6(5-11-2)8-3-7(4-9)12-10-8/h6-7H,3-5,9H2,1-2H3. The monoisotopic (exact) mass is 172 g/mol. The summed E-state index contributed by atoms with van der Waals surface area (Å²) < 4.78 is 5.02. The molecule has 12 heavy (non-hydrogen) atoms. The lowest BCUT2D eigenvalue weighted by atomic mass is 10.0. The Morgan fingerprint density at radius 1 is 1.83 bits per heavy atom. The van der Waals surface area contributed by atoms with E-state index in [0.29, 0.717) is 19.1 Å². The highest BCUT2D eigenvalue weighted by molar-refractivity contribution is 5.87. The topological polar surface area (TPSA) is 56.8 Å². The molecule has 1 aliphatic heterocycles. The number of oxime groups is 1. The van der Waals surface area contributed by atoms with Crippen molar-refractivity contribution < 1.29 is 9.57 Å². The van der Waals surface area contributed by atoms with E-state index in [1.54, 1.807) is 7.11 Å². The Balaban J connectivity index is 2.34. The van der Waals surface area contributed by atoms with Gasteiger partial charge in [0.2, 0.25) is 0 Å². The van der Waals surface area contributed by atoms with Gasteiger partial charge in [0.05, 0.1) is 12.3 Å². The fourth-order valence-electron chi connectivity index (χ4n) is 1.21. The first-order valence-corrected chi connectivity index (χ1v) is 4.19. The number of nitrogens with two attached hydrogens (primary N) is 1. The Morgan fingerprint density at radius 3 is 3.08 bits per heavy atom. The number of ether oxygens (including phenoxy) is 1. The molecule has 0 amide bonds. The van der Waals surface area contributed by atoms with Crippen LogP contribution in [-0.4, -0.2) is 32.1 Å². The minimum atomic E-state index is 0.0827. The Hall–Kier alpha value is -0.610. The summed E-state index contributed by atoms with van der Waals surface area (Å²) in [6.45, 7) is 3.30. The Bertz CT molecular complexity index is 170. The van der Waals surface area contributed by atoms with Crippen LogP contribution in [0.2, 0.25) is 0 Å². The molecular weight excluding hydrogens is 156 g/mol. The van der Waals surface area contributed by atoms with Gasteiger partial charge in [-0.3, -0.25) is 0 Å². The predicted octanol–water partition coefficient (Wildman–Crippen LogP) is 0.373. The molecule has 0 aromatic heterocycles. The molecule has 0 fully saturated rings. The molecule has 4 nitrogen and oxygen atoms in total. The van der Waals surface area contributed by atoms with Crippen LogP contribution in [0.3, 0.4) is 0 Å². The summed E-state index contributed by atoms with van der Waals surface area (Å²) in [4.78, 5) is 5.09. The molecule has 0 aliphatic carbocycles. The van der Waals surface area contributed by atoms with Gasteiger partial charge in [0.25, 0.3) is 0 Å². The van der Waals surface area contributed by atoms with Crippen molar-refractivity contribution in [3.8, 4) is 0 Å². The van der Waals surface area contributed by atoms with Crippen LogP contribution < -0.4 is 5.73 Å². The van der Waals surface area contributed by atoms with Gasteiger partial charge < -0.3 is 15.3 Å². The second-order valence-corrected chi connectivity index (χ2v) is 3.11. The number of rotatable bonds is 4. The van der Waals surface area contributed by atoms with Gasteiger partial charge in [0.15, 0.2) is 0 Å². The largest absolute Gasteiger partial charge is 0.391 e. The Morgan fingerprint density at radius 2 is 2.58 bits per heavy atom. The second kappa shape index (κ2) is 4.42. The molecule has 1 rings (SSSR count). The van der Waals surface area contributed by atoms with Crippen LogP contribution in [-0.2, 0) is 9.57 Å². The maximum Gasteiger partial charge on any atom is 0.145 e. The summed E-state index contributed by atoms with van der Waals surface area (Å²) in [6, 6.07) is 0. The molecule has 0 radical (unpaired) electrons. The molecule has 1 heterocycles. The predicted molar refractivity (Wildman–Crippen MR) is 47.0 cm³/mol. The van der Waals surface area contributed by atoms with Gasteiger partial charge in [-0.1, -0.05) is 12.1 Å². The van der Waals surface area contributed by atoms with Crippen molar-refractivity contribution in [1.29, 1.82) is 0 Å². The third kappa shape index (κ3) is 2.19. The first-order valence-electron chi connectivity index (χ1n) is 4.19. The highest BCUT2D eigenvalue weighted by Gasteiger charge is 2.23. The van der Waals surface area contributed by atoms with Crippen molar-refractivity contribution in [3.63, 3.8) is 0 Å². The van der Waals surface area contributed by atoms with Gasteiger partial charge in [0.1, 0.15) is 6.10 Å². The van der Waals surface area contributed by atoms with E-state index in [1.807, 2.05) is 0 Å². The van der Waals surface area contributed by atoms with Gasteiger partial charge in [-0.15, -0.1) is 0 Å². The van der Waals surface area contributed by atoms with Gasteiger partial charge in [-0.05, 0) is 0 Å². The van der Waals surface area contributed by atoms with Crippen LogP contribution in [0.1, 0.15) is 13.3 Å². The molecule has 0 aromatic carbocycles. The van der Waals surface area contributed by atoms with E-state index in [0.717, 1.165) is 12.1 Å². The molecule has 0 spiro atoms. The second-order valence-electron chi connectivity index (χ2n) is 3.11. The van der Waals surface area contributed by atoms with E-state index in [1.165, 1.54) is 0 Å². The van der Waals surface area contributed by atoms with Crippen LogP contribution in [0.4, 0.5) is 0 Å². The Kier molecular flexibility index (Phi) is 3.49. The van der Waals surface area contributed by atoms with Gasteiger partial charge in [0, 0.05) is 26.0 Å². The van der Waals surface area contributed by atoms with Crippen molar-refractivity contribution in [1.82, 2.24) is 0 Å². The van der Waals surface area contributed by atoms with E-state index in [4.69, 9.17) is 15.3 Å². The molecule has 2 unspecified atom stereocenters. The van der Waals surface area contributed by atoms with Crippen LogP contribution in [0, 0.1) is 5.92 Å². The van der Waals surface area contributed by atoms with Crippen LogP contribution in [0.5, 0.6) is 0 Å². The number of nitrogens with zero attached hydrogens (tertiary/aromatic N) is 1. The van der Waals surface area contributed by atoms with Crippen molar-refractivity contribution in [2.75, 3.05) is 20.3 Å². The number of hydrogen-bond donors (Lipinski definition) is 1. The highest BCUT2D eigenvalue weighted by atomic mass is 16.6. The Labute approximate surface area is 72.7 Å². The zero-order chi connectivity index (χ0) is 8.97. The molecule has 0 saturated carbocycles. The van der Waals surface area contributed by atoms with E-state index >= 15 is 0 Å². The first kappa shape index (κ1) is 9.48. The smallest absolute Gasteiger partial charge is 0.145 e. The lowest BCUT2D eigenvalue weighted by Gasteiger charge is -2.08. The van der Waals surface area contributed by atoms with Crippen LogP contribution in [0.15, 0.2) is 5.16 Å². The molecule has 0 aromatic rings. The minimum absolute atomic E-state index is 0.0827. The van der Waals surface area contributed by atoms with Crippen molar-refractivity contribution in [2.45, 2.75) is 19.4 Å². The highest BCUT2D eigenvalue weighted by Crippen LogP contribution is 2.15. The summed E-state index contributed by atoms with van der Waals surface area (Å²) >= 11 is 0. The van der Waals surface area contributed by atoms with Crippen molar-refractivity contribution >= 4 is 5.71 Å². The summed E-state index contributed by atoms with van der Waals surface area (Å²) in [5, 5.41) is 3.96.